The molecule has 0 saturated heterocycles. The van der Waals surface area contributed by atoms with Crippen LogP contribution in [0.5, 0.6) is 11.5 Å². The molecule has 0 radical (unpaired) electrons. The van der Waals surface area contributed by atoms with E-state index in [2.05, 4.69) is 14.9 Å². The van der Waals surface area contributed by atoms with Crippen molar-refractivity contribution in [2.24, 2.45) is 21.7 Å². The molecule has 0 bridgehead atoms. The molecule has 0 aliphatic carbocycles. The lowest BCUT2D eigenvalue weighted by Gasteiger charge is -2.09. The number of nitrogens with zero attached hydrogens (tertiary/aromatic N) is 2. The predicted octanol–water partition coefficient (Wildman–Crippen LogP) is 0.904. The maximum atomic E-state index is 12.1. The molecule has 0 atom stereocenters. The van der Waals surface area contributed by atoms with E-state index < -0.39 is 6.61 Å². The van der Waals surface area contributed by atoms with E-state index in [1.165, 1.54) is 31.5 Å². The van der Waals surface area contributed by atoms with Gasteiger partial charge in [0.2, 0.25) is 5.96 Å². The first-order valence-corrected chi connectivity index (χ1v) is 4.77. The summed E-state index contributed by atoms with van der Waals surface area (Å²) in [6.07, 6.45) is 1.34. The first kappa shape index (κ1) is 13.7. The molecule has 0 aliphatic heterocycles. The van der Waals surface area contributed by atoms with E-state index in [1.807, 2.05) is 0 Å². The van der Waals surface area contributed by atoms with Gasteiger partial charge in [-0.05, 0) is 23.8 Å². The number of halogens is 2. The number of methoxy groups -OCH3 is 1. The zero-order chi connectivity index (χ0) is 13.5. The van der Waals surface area contributed by atoms with E-state index in [0.717, 1.165) is 0 Å². The number of rotatable bonds is 5. The zero-order valence-corrected chi connectivity index (χ0v) is 9.51. The summed E-state index contributed by atoms with van der Waals surface area (Å²) in [5, 5.41) is 6.97. The summed E-state index contributed by atoms with van der Waals surface area (Å²) in [7, 11) is 1.34. The summed E-state index contributed by atoms with van der Waals surface area (Å²) in [5.74, 6) is -0.0914. The fraction of sp³-hybridized carbons (Fsp3) is 0.200. The molecule has 0 heterocycles. The highest BCUT2D eigenvalue weighted by molar-refractivity contribution is 5.82. The Labute approximate surface area is 102 Å². The molecule has 1 aromatic rings. The van der Waals surface area contributed by atoms with Gasteiger partial charge in [-0.3, -0.25) is 0 Å². The summed E-state index contributed by atoms with van der Waals surface area (Å²) in [6.45, 7) is -2.92. The fourth-order valence-electron chi connectivity index (χ4n) is 1.12. The number of benzene rings is 1. The molecule has 6 nitrogen and oxygen atoms in total. The normalized spacial score (nSPS) is 10.7. The molecule has 8 heteroatoms. The molecule has 1 aromatic carbocycles. The third-order valence-corrected chi connectivity index (χ3v) is 1.78. The zero-order valence-electron chi connectivity index (χ0n) is 9.51. The maximum absolute atomic E-state index is 12.1. The Kier molecular flexibility index (Phi) is 4.85. The Bertz CT molecular complexity index is 459. The van der Waals surface area contributed by atoms with Crippen LogP contribution in [0.1, 0.15) is 5.56 Å². The molecule has 1 rings (SSSR count). The maximum Gasteiger partial charge on any atom is 0.387 e. The van der Waals surface area contributed by atoms with Crippen molar-refractivity contribution in [1.82, 2.24) is 0 Å². The van der Waals surface area contributed by atoms with E-state index in [-0.39, 0.29) is 17.5 Å². The second-order valence-corrected chi connectivity index (χ2v) is 3.06. The van der Waals surface area contributed by atoms with E-state index in [1.54, 1.807) is 0 Å². The van der Waals surface area contributed by atoms with Gasteiger partial charge >= 0.3 is 6.61 Å². The largest absolute Gasteiger partial charge is 0.493 e. The van der Waals surface area contributed by atoms with Crippen molar-refractivity contribution in [2.45, 2.75) is 6.61 Å². The highest BCUT2D eigenvalue weighted by Crippen LogP contribution is 2.28. The minimum absolute atomic E-state index is 0.0634. The van der Waals surface area contributed by atoms with Crippen molar-refractivity contribution in [2.75, 3.05) is 7.11 Å². The SMILES string of the molecule is COc1cc(C=NN=C(N)N)ccc1OC(F)F. The van der Waals surface area contributed by atoms with Gasteiger partial charge in [-0.2, -0.15) is 13.9 Å². The van der Waals surface area contributed by atoms with Crippen molar-refractivity contribution in [1.29, 1.82) is 0 Å². The van der Waals surface area contributed by atoms with E-state index in [0.29, 0.717) is 5.56 Å². The Morgan fingerprint density at radius 1 is 1.33 bits per heavy atom. The quantitative estimate of drug-likeness (QED) is 0.466. The molecule has 18 heavy (non-hydrogen) atoms. The van der Waals surface area contributed by atoms with E-state index in [4.69, 9.17) is 16.2 Å². The van der Waals surface area contributed by atoms with Crippen LogP contribution in [0.25, 0.3) is 0 Å². The lowest BCUT2D eigenvalue weighted by Crippen LogP contribution is -2.21. The average molecular weight is 258 g/mol. The lowest BCUT2D eigenvalue weighted by atomic mass is 10.2. The highest BCUT2D eigenvalue weighted by Gasteiger charge is 2.10. The summed E-state index contributed by atoms with van der Waals surface area (Å²) in [4.78, 5) is 0. The lowest BCUT2D eigenvalue weighted by molar-refractivity contribution is -0.0512. The van der Waals surface area contributed by atoms with Crippen molar-refractivity contribution in [3.63, 3.8) is 0 Å². The fourth-order valence-corrected chi connectivity index (χ4v) is 1.12. The first-order valence-electron chi connectivity index (χ1n) is 4.77. The molecule has 98 valence electrons. The smallest absolute Gasteiger partial charge is 0.387 e. The number of nitrogens with two attached hydrogens (primary N) is 2. The van der Waals surface area contributed by atoms with Crippen molar-refractivity contribution in [3.05, 3.63) is 23.8 Å². The van der Waals surface area contributed by atoms with Crippen LogP contribution >= 0.6 is 0 Å². The second-order valence-electron chi connectivity index (χ2n) is 3.06. The van der Waals surface area contributed by atoms with Gasteiger partial charge in [0.05, 0.1) is 13.3 Å². The van der Waals surface area contributed by atoms with Gasteiger partial charge in [-0.25, -0.2) is 0 Å². The van der Waals surface area contributed by atoms with Crippen molar-refractivity contribution < 1.29 is 18.3 Å². The Morgan fingerprint density at radius 3 is 2.61 bits per heavy atom. The molecule has 0 aromatic heterocycles. The monoisotopic (exact) mass is 258 g/mol. The number of ether oxygens (including phenoxy) is 2. The highest BCUT2D eigenvalue weighted by atomic mass is 19.3. The van der Waals surface area contributed by atoms with Gasteiger partial charge in [0.15, 0.2) is 11.5 Å². The summed E-state index contributed by atoms with van der Waals surface area (Å²) < 4.78 is 33.3. The molecule has 0 aliphatic rings. The number of hydrogen-bond acceptors (Lipinski definition) is 4. The molecule has 0 spiro atoms. The predicted molar refractivity (Wildman–Crippen MR) is 63.0 cm³/mol. The minimum Gasteiger partial charge on any atom is -0.493 e. The molecular weight excluding hydrogens is 246 g/mol. The van der Waals surface area contributed by atoms with Crippen LogP contribution in [0.2, 0.25) is 0 Å². The standard InChI is InChI=1S/C10H12F2N4O2/c1-17-8-4-6(5-15-16-10(13)14)2-3-7(8)18-9(11)12/h2-5,9H,1H3,(H4,13,14,16). The number of alkyl halides is 2. The molecular formula is C10H12F2N4O2. The van der Waals surface area contributed by atoms with Crippen LogP contribution in [0, 0.1) is 0 Å². The Balaban J connectivity index is 2.91. The topological polar surface area (TPSA) is 95.2 Å². The first-order chi connectivity index (χ1) is 8.52. The van der Waals surface area contributed by atoms with Crippen LogP contribution in [-0.2, 0) is 0 Å². The van der Waals surface area contributed by atoms with Crippen molar-refractivity contribution >= 4 is 12.2 Å². The van der Waals surface area contributed by atoms with Gasteiger partial charge in [0.1, 0.15) is 0 Å². The van der Waals surface area contributed by atoms with Gasteiger partial charge < -0.3 is 20.9 Å². The van der Waals surface area contributed by atoms with Crippen LogP contribution in [0.15, 0.2) is 28.4 Å². The summed E-state index contributed by atoms with van der Waals surface area (Å²) >= 11 is 0. The Hall–Kier alpha value is -2.38. The summed E-state index contributed by atoms with van der Waals surface area (Å²) in [6, 6.07) is 4.30. The molecule has 4 N–H and O–H groups in total. The molecule has 0 unspecified atom stereocenters. The van der Waals surface area contributed by atoms with Gasteiger partial charge in [-0.1, -0.05) is 0 Å². The van der Waals surface area contributed by atoms with Gasteiger partial charge in [0.25, 0.3) is 0 Å². The van der Waals surface area contributed by atoms with E-state index in [9.17, 15) is 8.78 Å². The third-order valence-electron chi connectivity index (χ3n) is 1.78. The third kappa shape index (κ3) is 4.24. The van der Waals surface area contributed by atoms with Gasteiger partial charge in [0, 0.05) is 0 Å². The Morgan fingerprint density at radius 2 is 2.06 bits per heavy atom. The minimum atomic E-state index is -2.92. The number of hydrogen-bond donors (Lipinski definition) is 2. The van der Waals surface area contributed by atoms with E-state index >= 15 is 0 Å². The van der Waals surface area contributed by atoms with Crippen LogP contribution in [-0.4, -0.2) is 25.9 Å². The van der Waals surface area contributed by atoms with Crippen molar-refractivity contribution in [3.8, 4) is 11.5 Å². The average Bonchev–Trinajstić information content (AvgIpc) is 2.29. The number of guanidine groups is 1. The molecule has 0 amide bonds. The summed E-state index contributed by atoms with van der Waals surface area (Å²) in [5.41, 5.74) is 10.7. The van der Waals surface area contributed by atoms with Crippen LogP contribution in [0.4, 0.5) is 8.78 Å². The molecule has 0 fully saturated rings. The molecule has 0 saturated carbocycles. The van der Waals surface area contributed by atoms with Crippen LogP contribution in [0.3, 0.4) is 0 Å². The van der Waals surface area contributed by atoms with Gasteiger partial charge in [-0.15, -0.1) is 5.10 Å². The van der Waals surface area contributed by atoms with Crippen LogP contribution < -0.4 is 20.9 Å². The second kappa shape index (κ2) is 6.38.